The van der Waals surface area contributed by atoms with Gasteiger partial charge < -0.3 is 20.2 Å². The zero-order valence-corrected chi connectivity index (χ0v) is 9.69. The largest absolute Gasteiger partial charge is 0.469 e. The molecule has 0 saturated heterocycles. The molecule has 0 fully saturated rings. The van der Waals surface area contributed by atoms with Crippen molar-refractivity contribution in [3.63, 3.8) is 0 Å². The molecule has 0 saturated carbocycles. The van der Waals surface area contributed by atoms with Gasteiger partial charge >= 0.3 is 5.97 Å². The molecule has 94 valence electrons. The molecule has 0 aliphatic heterocycles. The Morgan fingerprint density at radius 1 is 1.53 bits per heavy atom. The van der Waals surface area contributed by atoms with E-state index in [9.17, 15) is 9.59 Å². The Kier molecular flexibility index (Phi) is 5.22. The van der Waals surface area contributed by atoms with Crippen LogP contribution in [-0.4, -0.2) is 25.5 Å². The second-order valence-corrected chi connectivity index (χ2v) is 3.44. The highest BCUT2D eigenvalue weighted by Crippen LogP contribution is 2.06. The van der Waals surface area contributed by atoms with Crippen LogP contribution in [0.2, 0.25) is 0 Å². The Morgan fingerprint density at radius 3 is 2.88 bits per heavy atom. The maximum absolute atomic E-state index is 11.6. The fourth-order valence-corrected chi connectivity index (χ4v) is 1.25. The molecular formula is C11H16N2O4. The van der Waals surface area contributed by atoms with Gasteiger partial charge in [-0.2, -0.15) is 0 Å². The van der Waals surface area contributed by atoms with Gasteiger partial charge in [0.05, 0.1) is 19.2 Å². The molecule has 6 nitrogen and oxygen atoms in total. The lowest BCUT2D eigenvalue weighted by Gasteiger charge is -2.02. The van der Waals surface area contributed by atoms with Crippen LogP contribution in [0.25, 0.3) is 0 Å². The minimum Gasteiger partial charge on any atom is -0.469 e. The van der Waals surface area contributed by atoms with Gasteiger partial charge in [-0.05, 0) is 12.5 Å². The third-order valence-corrected chi connectivity index (χ3v) is 2.19. The number of hydrogen-bond donors (Lipinski definition) is 2. The van der Waals surface area contributed by atoms with Crippen molar-refractivity contribution in [1.82, 2.24) is 5.32 Å². The molecule has 6 heteroatoms. The van der Waals surface area contributed by atoms with E-state index >= 15 is 0 Å². The van der Waals surface area contributed by atoms with E-state index in [-0.39, 0.29) is 24.8 Å². The highest BCUT2D eigenvalue weighted by Gasteiger charge is 2.09. The second kappa shape index (κ2) is 6.70. The van der Waals surface area contributed by atoms with Crippen LogP contribution in [0.1, 0.15) is 29.0 Å². The van der Waals surface area contributed by atoms with Crippen molar-refractivity contribution in [2.75, 3.05) is 13.7 Å². The standard InChI is InChI=1S/C11H16N2O4/c1-16-10(14)3-2-4-13-11(15)8-5-9(6-12)17-7-8/h5,7H,2-4,6,12H2,1H3,(H,13,15). The molecule has 0 radical (unpaired) electrons. The first kappa shape index (κ1) is 13.2. The Bertz CT molecular complexity index is 387. The molecule has 1 rings (SSSR count). The average Bonchev–Trinajstić information content (AvgIpc) is 2.82. The smallest absolute Gasteiger partial charge is 0.305 e. The van der Waals surface area contributed by atoms with Gasteiger partial charge in [-0.1, -0.05) is 0 Å². The van der Waals surface area contributed by atoms with Gasteiger partial charge in [0.1, 0.15) is 12.0 Å². The second-order valence-electron chi connectivity index (χ2n) is 3.44. The molecule has 0 aliphatic carbocycles. The van der Waals surface area contributed by atoms with E-state index < -0.39 is 0 Å². The third kappa shape index (κ3) is 4.28. The predicted octanol–water partition coefficient (Wildman–Crippen LogP) is 0.421. The van der Waals surface area contributed by atoms with E-state index in [1.807, 2.05) is 0 Å². The summed E-state index contributed by atoms with van der Waals surface area (Å²) in [5, 5.41) is 2.67. The van der Waals surface area contributed by atoms with Crippen LogP contribution in [-0.2, 0) is 16.1 Å². The minimum atomic E-state index is -0.284. The highest BCUT2D eigenvalue weighted by molar-refractivity contribution is 5.93. The van der Waals surface area contributed by atoms with E-state index in [4.69, 9.17) is 10.2 Å². The molecule has 0 aliphatic rings. The van der Waals surface area contributed by atoms with Gasteiger partial charge in [-0.15, -0.1) is 0 Å². The van der Waals surface area contributed by atoms with E-state index in [1.54, 1.807) is 6.07 Å². The molecule has 0 bridgehead atoms. The number of carbonyl (C=O) groups is 2. The first-order valence-electron chi connectivity index (χ1n) is 5.30. The molecule has 1 aromatic heterocycles. The summed E-state index contributed by atoms with van der Waals surface area (Å²) in [6.07, 6.45) is 2.19. The first-order chi connectivity index (χ1) is 8.17. The normalized spacial score (nSPS) is 10.0. The van der Waals surface area contributed by atoms with Crippen molar-refractivity contribution in [2.45, 2.75) is 19.4 Å². The molecule has 1 amide bonds. The predicted molar refractivity (Wildman–Crippen MR) is 60.2 cm³/mol. The molecule has 3 N–H and O–H groups in total. The van der Waals surface area contributed by atoms with Crippen LogP contribution in [0.3, 0.4) is 0 Å². The molecule has 1 heterocycles. The minimum absolute atomic E-state index is 0.238. The van der Waals surface area contributed by atoms with Crippen molar-refractivity contribution in [2.24, 2.45) is 5.73 Å². The van der Waals surface area contributed by atoms with Crippen molar-refractivity contribution in [3.8, 4) is 0 Å². The lowest BCUT2D eigenvalue weighted by Crippen LogP contribution is -2.24. The van der Waals surface area contributed by atoms with Gasteiger partial charge in [0, 0.05) is 13.0 Å². The Morgan fingerprint density at radius 2 is 2.29 bits per heavy atom. The third-order valence-electron chi connectivity index (χ3n) is 2.19. The van der Waals surface area contributed by atoms with E-state index in [0.717, 1.165) is 0 Å². The van der Waals surface area contributed by atoms with Crippen molar-refractivity contribution >= 4 is 11.9 Å². The van der Waals surface area contributed by atoms with Crippen LogP contribution in [0.15, 0.2) is 16.7 Å². The highest BCUT2D eigenvalue weighted by atomic mass is 16.5. The van der Waals surface area contributed by atoms with Crippen LogP contribution in [0, 0.1) is 0 Å². The molecule has 0 spiro atoms. The molecule has 17 heavy (non-hydrogen) atoms. The Balaban J connectivity index is 2.27. The van der Waals surface area contributed by atoms with Gasteiger partial charge in [-0.3, -0.25) is 9.59 Å². The monoisotopic (exact) mass is 240 g/mol. The number of furan rings is 1. The molecule has 0 atom stereocenters. The summed E-state index contributed by atoms with van der Waals surface area (Å²) in [6.45, 7) is 0.673. The van der Waals surface area contributed by atoms with Crippen LogP contribution >= 0.6 is 0 Å². The maximum atomic E-state index is 11.6. The zero-order valence-electron chi connectivity index (χ0n) is 9.69. The van der Waals surface area contributed by atoms with Gasteiger partial charge in [0.15, 0.2) is 0 Å². The summed E-state index contributed by atoms with van der Waals surface area (Å²) in [7, 11) is 1.33. The van der Waals surface area contributed by atoms with Gasteiger partial charge in [0.25, 0.3) is 5.91 Å². The Labute approximate surface area is 99.1 Å². The number of rotatable bonds is 6. The number of hydrogen-bond acceptors (Lipinski definition) is 5. The SMILES string of the molecule is COC(=O)CCCNC(=O)c1coc(CN)c1. The zero-order chi connectivity index (χ0) is 12.7. The van der Waals surface area contributed by atoms with Crippen molar-refractivity contribution in [1.29, 1.82) is 0 Å². The topological polar surface area (TPSA) is 94.6 Å². The summed E-state index contributed by atoms with van der Waals surface area (Å²) in [5.74, 6) is 0.0380. The van der Waals surface area contributed by atoms with E-state index in [1.165, 1.54) is 13.4 Å². The maximum Gasteiger partial charge on any atom is 0.305 e. The number of nitrogens with one attached hydrogen (secondary N) is 1. The summed E-state index contributed by atoms with van der Waals surface area (Å²) >= 11 is 0. The fourth-order valence-electron chi connectivity index (χ4n) is 1.25. The van der Waals surface area contributed by atoms with Crippen molar-refractivity contribution < 1.29 is 18.7 Å². The quantitative estimate of drug-likeness (QED) is 0.555. The molecule has 1 aromatic rings. The summed E-state index contributed by atoms with van der Waals surface area (Å²) < 4.78 is 9.52. The number of nitrogens with two attached hydrogens (primary N) is 1. The van der Waals surface area contributed by atoms with Crippen molar-refractivity contribution in [3.05, 3.63) is 23.7 Å². The van der Waals surface area contributed by atoms with E-state index in [0.29, 0.717) is 24.3 Å². The fraction of sp³-hybridized carbons (Fsp3) is 0.455. The number of ether oxygens (including phenoxy) is 1. The summed E-state index contributed by atoms with van der Waals surface area (Å²) in [6, 6.07) is 1.59. The average molecular weight is 240 g/mol. The van der Waals surface area contributed by atoms with E-state index in [2.05, 4.69) is 10.1 Å². The van der Waals surface area contributed by atoms with Gasteiger partial charge in [0.2, 0.25) is 0 Å². The molecule has 0 aromatic carbocycles. The number of carbonyl (C=O) groups excluding carboxylic acids is 2. The molecule has 0 unspecified atom stereocenters. The van der Waals surface area contributed by atoms with Crippen LogP contribution in [0.4, 0.5) is 0 Å². The van der Waals surface area contributed by atoms with Gasteiger partial charge in [-0.25, -0.2) is 0 Å². The number of amides is 1. The molecular weight excluding hydrogens is 224 g/mol. The van der Waals surface area contributed by atoms with Crippen LogP contribution < -0.4 is 11.1 Å². The number of methoxy groups -OCH3 is 1. The van der Waals surface area contributed by atoms with Crippen LogP contribution in [0.5, 0.6) is 0 Å². The number of esters is 1. The summed E-state index contributed by atoms with van der Waals surface area (Å²) in [4.78, 5) is 22.4. The summed E-state index contributed by atoms with van der Waals surface area (Å²) in [5.41, 5.74) is 5.79. The lowest BCUT2D eigenvalue weighted by molar-refractivity contribution is -0.140. The first-order valence-corrected chi connectivity index (χ1v) is 5.30. The lowest BCUT2D eigenvalue weighted by atomic mass is 10.2. The Hall–Kier alpha value is -1.82.